The number of nitrogens with one attached hydrogen (secondary N) is 1. The molecule has 4 aromatic carbocycles. The van der Waals surface area contributed by atoms with Crippen LogP contribution in [-0.2, 0) is 31.0 Å². The van der Waals surface area contributed by atoms with Gasteiger partial charge in [-0.2, -0.15) is 22.8 Å². The van der Waals surface area contributed by atoms with E-state index in [0.717, 1.165) is 36.8 Å². The number of ether oxygens (including phenoxy) is 3. The molecule has 1 saturated heterocycles. The fraction of sp³-hybridized carbons (Fsp3) is 0.222. The zero-order valence-corrected chi connectivity index (χ0v) is 31.2. The van der Waals surface area contributed by atoms with E-state index in [-0.39, 0.29) is 56.2 Å². The SMILES string of the molecule is N#Cc1cccc(Oc2ccc(S(=O)(=O)C(F)F)c3cccnc23)c1.O=S(=O)(c1ccc(Oc2cc(F)cc(Cl)c2)c(Cl)c1CNCC1CCOC1)C(F)F. The van der Waals surface area contributed by atoms with Crippen molar-refractivity contribution in [3.8, 4) is 29.1 Å². The molecule has 0 amide bonds. The molecule has 1 fully saturated rings. The molecule has 1 aliphatic heterocycles. The minimum absolute atomic E-state index is 0.0208. The Bertz CT molecular complexity index is 2430. The summed E-state index contributed by atoms with van der Waals surface area (Å²) in [5.41, 5.74) is 0.453. The summed E-state index contributed by atoms with van der Waals surface area (Å²) in [6.07, 6.45) is 2.24. The number of fused-ring (bicyclic) bond motifs is 1. The van der Waals surface area contributed by atoms with Gasteiger partial charge < -0.3 is 19.5 Å². The van der Waals surface area contributed by atoms with Gasteiger partial charge in [-0.05, 0) is 79.1 Å². The van der Waals surface area contributed by atoms with Gasteiger partial charge >= 0.3 is 11.5 Å². The number of rotatable bonds is 12. The molecule has 0 spiro atoms. The van der Waals surface area contributed by atoms with E-state index in [0.29, 0.717) is 31.1 Å². The highest BCUT2D eigenvalue weighted by Crippen LogP contribution is 2.38. The fourth-order valence-electron chi connectivity index (χ4n) is 5.35. The van der Waals surface area contributed by atoms with Crippen LogP contribution in [0.1, 0.15) is 17.5 Å². The molecule has 10 nitrogen and oxygen atoms in total. The lowest BCUT2D eigenvalue weighted by Crippen LogP contribution is -2.24. The Morgan fingerprint density at radius 2 is 1.56 bits per heavy atom. The number of aromatic nitrogens is 1. The maximum atomic E-state index is 13.6. The Kier molecular flexibility index (Phi) is 13.6. The molecule has 0 bridgehead atoms. The molecule has 19 heteroatoms. The minimum atomic E-state index is -4.90. The van der Waals surface area contributed by atoms with Crippen molar-refractivity contribution in [1.29, 1.82) is 5.26 Å². The summed E-state index contributed by atoms with van der Waals surface area (Å²) in [4.78, 5) is 2.95. The van der Waals surface area contributed by atoms with Gasteiger partial charge in [0.15, 0.2) is 5.75 Å². The molecule has 1 aliphatic rings. The first kappa shape index (κ1) is 41.6. The maximum absolute atomic E-state index is 13.6. The van der Waals surface area contributed by atoms with E-state index in [9.17, 15) is 38.8 Å². The first-order valence-corrected chi connectivity index (χ1v) is 19.8. The highest BCUT2D eigenvalue weighted by Gasteiger charge is 2.32. The fourth-order valence-corrected chi connectivity index (χ4v) is 7.78. The van der Waals surface area contributed by atoms with Gasteiger partial charge in [0.25, 0.3) is 0 Å². The Morgan fingerprint density at radius 1 is 0.873 bits per heavy atom. The Labute approximate surface area is 322 Å². The van der Waals surface area contributed by atoms with Crippen molar-refractivity contribution in [2.24, 2.45) is 5.92 Å². The molecule has 1 atom stereocenters. The van der Waals surface area contributed by atoms with Crippen LogP contribution in [0.5, 0.6) is 23.0 Å². The van der Waals surface area contributed by atoms with Gasteiger partial charge in [0.1, 0.15) is 28.6 Å². The second kappa shape index (κ2) is 17.9. The third kappa shape index (κ3) is 10.0. The largest absolute Gasteiger partial charge is 0.456 e. The molecule has 290 valence electrons. The average Bonchev–Trinajstić information content (AvgIpc) is 3.66. The molecular weight excluding hydrogens is 816 g/mol. The molecule has 0 saturated carbocycles. The van der Waals surface area contributed by atoms with Crippen LogP contribution in [0.2, 0.25) is 10.0 Å². The van der Waals surface area contributed by atoms with Crippen LogP contribution >= 0.6 is 23.2 Å². The van der Waals surface area contributed by atoms with Crippen molar-refractivity contribution in [3.63, 3.8) is 0 Å². The van der Waals surface area contributed by atoms with Gasteiger partial charge in [-0.25, -0.2) is 21.2 Å². The predicted molar refractivity (Wildman–Crippen MR) is 193 cm³/mol. The Hall–Kier alpha value is -4.57. The highest BCUT2D eigenvalue weighted by atomic mass is 35.5. The van der Waals surface area contributed by atoms with E-state index in [1.54, 1.807) is 18.2 Å². The van der Waals surface area contributed by atoms with Crippen molar-refractivity contribution in [2.45, 2.75) is 34.3 Å². The second-order valence-corrected chi connectivity index (χ2v) is 16.3. The van der Waals surface area contributed by atoms with E-state index in [4.69, 9.17) is 42.7 Å². The minimum Gasteiger partial charge on any atom is -0.456 e. The van der Waals surface area contributed by atoms with Crippen molar-refractivity contribution in [2.75, 3.05) is 19.8 Å². The maximum Gasteiger partial charge on any atom is 0.341 e. The molecule has 2 heterocycles. The van der Waals surface area contributed by atoms with Crippen LogP contribution in [0.25, 0.3) is 10.9 Å². The molecule has 1 aromatic heterocycles. The summed E-state index contributed by atoms with van der Waals surface area (Å²) in [6.45, 7) is 1.61. The zero-order chi connectivity index (χ0) is 39.9. The summed E-state index contributed by atoms with van der Waals surface area (Å²) in [7, 11) is -9.68. The topological polar surface area (TPSA) is 145 Å². The van der Waals surface area contributed by atoms with Crippen molar-refractivity contribution in [1.82, 2.24) is 10.3 Å². The van der Waals surface area contributed by atoms with Gasteiger partial charge in [0.05, 0.1) is 33.1 Å². The molecule has 6 rings (SSSR count). The van der Waals surface area contributed by atoms with E-state index < -0.39 is 46.8 Å². The standard InChI is InChI=1S/C19H18Cl2F3NO4S.C17H10F2N2O3S/c20-12-5-13(22)7-14(6-12)29-16-1-2-17(30(26,27)19(23)24)15(18(16)21)9-25-8-11-3-4-28-10-11;18-17(19)25(22,23)15-7-6-14(16-13(15)5-2-8-21-16)24-12-4-1-3-11(9-12)10-20/h1-2,5-7,11,19,25H,3-4,8-10H2;1-9,17H. The van der Waals surface area contributed by atoms with Crippen LogP contribution in [0.4, 0.5) is 22.0 Å². The predicted octanol–water partition coefficient (Wildman–Crippen LogP) is 8.94. The number of pyridine rings is 1. The number of alkyl halides is 4. The van der Waals surface area contributed by atoms with Crippen molar-refractivity contribution in [3.05, 3.63) is 112 Å². The van der Waals surface area contributed by atoms with Crippen LogP contribution < -0.4 is 14.8 Å². The lowest BCUT2D eigenvalue weighted by Gasteiger charge is -2.17. The number of benzene rings is 4. The molecule has 1 unspecified atom stereocenters. The molecule has 0 aliphatic carbocycles. The lowest BCUT2D eigenvalue weighted by atomic mass is 10.1. The molecule has 5 aromatic rings. The monoisotopic (exact) mass is 843 g/mol. The van der Waals surface area contributed by atoms with E-state index in [2.05, 4.69) is 10.3 Å². The van der Waals surface area contributed by atoms with Gasteiger partial charge in [0.2, 0.25) is 19.7 Å². The molecule has 55 heavy (non-hydrogen) atoms. The number of hydrogen-bond acceptors (Lipinski definition) is 10. The first-order chi connectivity index (χ1) is 26.1. The van der Waals surface area contributed by atoms with Gasteiger partial charge in [-0.1, -0.05) is 29.3 Å². The number of halogens is 7. The number of nitriles is 1. The Morgan fingerprint density at radius 3 is 2.24 bits per heavy atom. The summed E-state index contributed by atoms with van der Waals surface area (Å²) in [5.74, 6) is -7.02. The summed E-state index contributed by atoms with van der Waals surface area (Å²) in [5, 5.41) is 11.9. The third-order valence-electron chi connectivity index (χ3n) is 7.95. The third-order valence-corrected chi connectivity index (χ3v) is 11.5. The van der Waals surface area contributed by atoms with E-state index in [1.807, 2.05) is 6.07 Å². The summed E-state index contributed by atoms with van der Waals surface area (Å²) < 4.78 is 130. The smallest absolute Gasteiger partial charge is 0.341 e. The molecule has 0 radical (unpaired) electrons. The number of sulfone groups is 2. The van der Waals surface area contributed by atoms with Crippen molar-refractivity contribution >= 4 is 53.8 Å². The van der Waals surface area contributed by atoms with Gasteiger partial charge in [-0.3, -0.25) is 4.98 Å². The summed E-state index contributed by atoms with van der Waals surface area (Å²) >= 11 is 12.1. The van der Waals surface area contributed by atoms with E-state index >= 15 is 0 Å². The lowest BCUT2D eigenvalue weighted by molar-refractivity contribution is 0.185. The van der Waals surface area contributed by atoms with Crippen LogP contribution in [-0.4, -0.2) is 53.1 Å². The van der Waals surface area contributed by atoms with Crippen LogP contribution in [0.3, 0.4) is 0 Å². The number of hydrogen-bond donors (Lipinski definition) is 1. The first-order valence-electron chi connectivity index (χ1n) is 16.0. The van der Waals surface area contributed by atoms with Crippen LogP contribution in [0, 0.1) is 23.1 Å². The second-order valence-electron chi connectivity index (χ2n) is 11.7. The molecular formula is C36H28Cl2F5N3O7S2. The van der Waals surface area contributed by atoms with Gasteiger partial charge in [0, 0.05) is 47.9 Å². The summed E-state index contributed by atoms with van der Waals surface area (Å²) in [6, 6.07) is 19.1. The normalized spacial score (nSPS) is 14.4. The molecule has 1 N–H and O–H groups in total. The van der Waals surface area contributed by atoms with Crippen LogP contribution in [0.15, 0.2) is 94.9 Å². The number of nitrogens with zero attached hydrogens (tertiary/aromatic N) is 2. The highest BCUT2D eigenvalue weighted by molar-refractivity contribution is 7.92. The van der Waals surface area contributed by atoms with Crippen molar-refractivity contribution < 1.29 is 53.0 Å². The zero-order valence-electron chi connectivity index (χ0n) is 28.1. The van der Waals surface area contributed by atoms with E-state index in [1.165, 1.54) is 36.5 Å². The average molecular weight is 845 g/mol. The van der Waals surface area contributed by atoms with Gasteiger partial charge in [-0.15, -0.1) is 0 Å². The quantitative estimate of drug-likeness (QED) is 0.121. The Balaban J connectivity index is 0.000000214.